The van der Waals surface area contributed by atoms with E-state index in [2.05, 4.69) is 10.4 Å². The Bertz CT molecular complexity index is 581. The van der Waals surface area contributed by atoms with Crippen molar-refractivity contribution >= 4 is 5.69 Å². The molecule has 0 radical (unpaired) electrons. The summed E-state index contributed by atoms with van der Waals surface area (Å²) in [6, 6.07) is 8.36. The number of non-ortho nitro benzene ring substituents is 1. The van der Waals surface area contributed by atoms with E-state index < -0.39 is 0 Å². The van der Waals surface area contributed by atoms with E-state index in [1.807, 2.05) is 12.1 Å². The van der Waals surface area contributed by atoms with Crippen LogP contribution in [0.15, 0.2) is 24.3 Å². The number of benzene rings is 1. The van der Waals surface area contributed by atoms with Crippen molar-refractivity contribution < 1.29 is 4.92 Å². The highest BCUT2D eigenvalue weighted by molar-refractivity contribution is 5.32. The maximum atomic E-state index is 10.8. The number of nitro benzene ring substituents is 1. The predicted molar refractivity (Wildman–Crippen MR) is 97.9 cm³/mol. The van der Waals surface area contributed by atoms with Crippen LogP contribution in [0.2, 0.25) is 0 Å². The van der Waals surface area contributed by atoms with E-state index in [4.69, 9.17) is 0 Å². The minimum Gasteiger partial charge on any atom is -0.258 e. The van der Waals surface area contributed by atoms with Crippen molar-refractivity contribution in [2.24, 2.45) is 11.8 Å². The van der Waals surface area contributed by atoms with Crippen LogP contribution in [0.5, 0.6) is 0 Å². The average Bonchev–Trinajstić information content (AvgIpc) is 2.65. The summed E-state index contributed by atoms with van der Waals surface area (Å²) in [5.41, 5.74) is 5.04. The second kappa shape index (κ2) is 7.42. The van der Waals surface area contributed by atoms with Gasteiger partial charge in [0.05, 0.1) is 4.92 Å². The van der Waals surface area contributed by atoms with Gasteiger partial charge in [0.2, 0.25) is 0 Å². The normalized spacial score (nSPS) is 32.6. The highest BCUT2D eigenvalue weighted by Gasteiger charge is 2.44. The van der Waals surface area contributed by atoms with Crippen molar-refractivity contribution in [1.82, 2.24) is 10.4 Å². The first-order valence-corrected chi connectivity index (χ1v) is 9.97. The molecule has 0 aromatic heterocycles. The molecule has 1 N–H and O–H groups in total. The van der Waals surface area contributed by atoms with E-state index in [0.717, 1.165) is 23.9 Å². The van der Waals surface area contributed by atoms with Crippen LogP contribution in [0.25, 0.3) is 0 Å². The van der Waals surface area contributed by atoms with Crippen molar-refractivity contribution in [3.8, 4) is 0 Å². The third-order valence-electron chi connectivity index (χ3n) is 6.67. The molecule has 1 heterocycles. The predicted octanol–water partition coefficient (Wildman–Crippen LogP) is 4.42. The fourth-order valence-electron chi connectivity index (χ4n) is 5.45. The lowest BCUT2D eigenvalue weighted by Gasteiger charge is -2.53. The number of nitro groups is 1. The molecule has 2 aliphatic carbocycles. The molecule has 0 spiro atoms. The lowest BCUT2D eigenvalue weighted by molar-refractivity contribution is -0.384. The molecule has 0 unspecified atom stereocenters. The summed E-state index contributed by atoms with van der Waals surface area (Å²) in [6.07, 6.45) is 12.4. The highest BCUT2D eigenvalue weighted by Crippen LogP contribution is 2.44. The molecule has 1 aliphatic heterocycles. The first-order chi connectivity index (χ1) is 12.2. The number of piperidine rings is 1. The first-order valence-electron chi connectivity index (χ1n) is 9.97. The zero-order valence-electron chi connectivity index (χ0n) is 14.9. The van der Waals surface area contributed by atoms with E-state index in [0.29, 0.717) is 12.1 Å². The minimum absolute atomic E-state index is 0.168. The molecule has 1 aromatic carbocycles. The van der Waals surface area contributed by atoms with E-state index in [-0.39, 0.29) is 10.6 Å². The van der Waals surface area contributed by atoms with Crippen LogP contribution >= 0.6 is 0 Å². The second-order valence-corrected chi connectivity index (χ2v) is 8.13. The largest absolute Gasteiger partial charge is 0.269 e. The molecule has 0 amide bonds. The van der Waals surface area contributed by atoms with Crippen molar-refractivity contribution in [1.29, 1.82) is 0 Å². The van der Waals surface area contributed by atoms with Gasteiger partial charge in [-0.05, 0) is 49.5 Å². The van der Waals surface area contributed by atoms with Gasteiger partial charge < -0.3 is 0 Å². The molecular formula is C20H29N3O2. The fourth-order valence-corrected chi connectivity index (χ4v) is 5.45. The zero-order valence-corrected chi connectivity index (χ0v) is 14.9. The maximum absolute atomic E-state index is 10.8. The average molecular weight is 343 g/mol. The molecule has 136 valence electrons. The standard InChI is InChI=1S/C20H29N3O2/c24-23(25)18-11-9-15(10-12-18)14-21-22-19-7-3-1-5-16(19)13-17-6-2-4-8-20(17)22/h9-12,16-17,19-21H,1-8,13-14H2/t16-,17+,19-,20-/m1/s1. The number of hydrogen-bond acceptors (Lipinski definition) is 4. The minimum atomic E-state index is -0.332. The number of nitrogens with one attached hydrogen (secondary N) is 1. The molecule has 3 aliphatic rings. The SMILES string of the molecule is O=[N+]([O-])c1ccc(CNN2[C@@H]3CCCC[C@@H]3C[C@@H]3CCCC[C@H]32)cc1. The van der Waals surface area contributed by atoms with Crippen LogP contribution in [0.4, 0.5) is 5.69 Å². The van der Waals surface area contributed by atoms with Gasteiger partial charge in [-0.2, -0.15) is 0 Å². The van der Waals surface area contributed by atoms with Gasteiger partial charge in [0, 0.05) is 30.8 Å². The Kier molecular flexibility index (Phi) is 5.04. The molecule has 0 bridgehead atoms. The van der Waals surface area contributed by atoms with Crippen LogP contribution < -0.4 is 5.43 Å². The van der Waals surface area contributed by atoms with Crippen LogP contribution in [0.3, 0.4) is 0 Å². The fraction of sp³-hybridized carbons (Fsp3) is 0.700. The molecule has 2 saturated carbocycles. The second-order valence-electron chi connectivity index (χ2n) is 8.13. The number of hydrazine groups is 1. The Morgan fingerprint density at radius 3 is 2.08 bits per heavy atom. The molecule has 3 fully saturated rings. The summed E-state index contributed by atoms with van der Waals surface area (Å²) in [5, 5.41) is 13.4. The topological polar surface area (TPSA) is 58.4 Å². The van der Waals surface area contributed by atoms with Gasteiger partial charge in [-0.3, -0.25) is 15.5 Å². The Balaban J connectivity index is 1.46. The number of fused-ring (bicyclic) bond motifs is 2. The summed E-state index contributed by atoms with van der Waals surface area (Å²) in [4.78, 5) is 10.5. The Morgan fingerprint density at radius 2 is 1.52 bits per heavy atom. The van der Waals surface area contributed by atoms with Crippen molar-refractivity contribution in [3.63, 3.8) is 0 Å². The molecular weight excluding hydrogens is 314 g/mol. The van der Waals surface area contributed by atoms with Gasteiger partial charge in [-0.15, -0.1) is 0 Å². The molecule has 1 saturated heterocycles. The monoisotopic (exact) mass is 343 g/mol. The highest BCUT2D eigenvalue weighted by atomic mass is 16.6. The summed E-state index contributed by atoms with van der Waals surface area (Å²) in [7, 11) is 0. The first kappa shape index (κ1) is 17.0. The molecule has 25 heavy (non-hydrogen) atoms. The lowest BCUT2D eigenvalue weighted by atomic mass is 9.69. The van der Waals surface area contributed by atoms with Gasteiger partial charge in [0.15, 0.2) is 0 Å². The summed E-state index contributed by atoms with van der Waals surface area (Å²) >= 11 is 0. The summed E-state index contributed by atoms with van der Waals surface area (Å²) in [5.74, 6) is 1.72. The lowest BCUT2D eigenvalue weighted by Crippen LogP contribution is -2.61. The Labute approximate surface area is 149 Å². The van der Waals surface area contributed by atoms with Gasteiger partial charge in [-0.25, -0.2) is 5.01 Å². The number of hydrogen-bond donors (Lipinski definition) is 1. The van der Waals surface area contributed by atoms with Crippen LogP contribution in [0, 0.1) is 22.0 Å². The molecule has 1 aromatic rings. The van der Waals surface area contributed by atoms with Gasteiger partial charge in [0.25, 0.3) is 5.69 Å². The van der Waals surface area contributed by atoms with Gasteiger partial charge in [0.1, 0.15) is 0 Å². The van der Waals surface area contributed by atoms with Crippen molar-refractivity contribution in [2.75, 3.05) is 0 Å². The van der Waals surface area contributed by atoms with Crippen LogP contribution in [0.1, 0.15) is 63.4 Å². The third kappa shape index (κ3) is 3.58. The molecule has 5 heteroatoms. The molecule has 4 rings (SSSR count). The van der Waals surface area contributed by atoms with E-state index >= 15 is 0 Å². The van der Waals surface area contributed by atoms with Crippen molar-refractivity contribution in [3.05, 3.63) is 39.9 Å². The third-order valence-corrected chi connectivity index (χ3v) is 6.67. The van der Waals surface area contributed by atoms with E-state index in [9.17, 15) is 10.1 Å². The Morgan fingerprint density at radius 1 is 0.960 bits per heavy atom. The van der Waals surface area contributed by atoms with Crippen LogP contribution in [-0.4, -0.2) is 22.0 Å². The quantitative estimate of drug-likeness (QED) is 0.649. The zero-order chi connectivity index (χ0) is 17.2. The van der Waals surface area contributed by atoms with Crippen LogP contribution in [-0.2, 0) is 6.54 Å². The summed E-state index contributed by atoms with van der Waals surface area (Å²) < 4.78 is 0. The smallest absolute Gasteiger partial charge is 0.258 e. The van der Waals surface area contributed by atoms with E-state index in [1.54, 1.807) is 12.1 Å². The van der Waals surface area contributed by atoms with Crippen molar-refractivity contribution in [2.45, 2.75) is 76.4 Å². The van der Waals surface area contributed by atoms with Gasteiger partial charge in [-0.1, -0.05) is 37.8 Å². The molecule has 4 atom stereocenters. The number of nitrogens with zero attached hydrogens (tertiary/aromatic N) is 2. The summed E-state index contributed by atoms with van der Waals surface area (Å²) in [6.45, 7) is 0.768. The maximum Gasteiger partial charge on any atom is 0.269 e. The number of rotatable bonds is 4. The van der Waals surface area contributed by atoms with Gasteiger partial charge >= 0.3 is 0 Å². The Hall–Kier alpha value is -1.46. The van der Waals surface area contributed by atoms with E-state index in [1.165, 1.54) is 57.8 Å². The molecule has 5 nitrogen and oxygen atoms in total.